The summed E-state index contributed by atoms with van der Waals surface area (Å²) in [4.78, 5) is 0. The van der Waals surface area contributed by atoms with Crippen molar-refractivity contribution in [1.82, 2.24) is 0 Å². The Labute approximate surface area is 104 Å². The highest BCUT2D eigenvalue weighted by molar-refractivity contribution is 6.88. The molecule has 0 aromatic rings. The molecule has 0 spiro atoms. The fourth-order valence-corrected chi connectivity index (χ4v) is 5.38. The molecule has 0 aromatic heterocycles. The first-order valence-corrected chi connectivity index (χ1v) is 12.9. The van der Waals surface area contributed by atoms with E-state index in [4.69, 9.17) is 0 Å². The summed E-state index contributed by atoms with van der Waals surface area (Å²) in [5.41, 5.74) is 0. The van der Waals surface area contributed by atoms with E-state index in [-0.39, 0.29) is 0 Å². The number of rotatable bonds is 2. The van der Waals surface area contributed by atoms with Crippen LogP contribution in [0.15, 0.2) is 22.5 Å². The molecule has 0 saturated carbocycles. The van der Waals surface area contributed by atoms with E-state index in [0.717, 1.165) is 0 Å². The molecule has 1 aliphatic rings. The summed E-state index contributed by atoms with van der Waals surface area (Å²) in [6, 6.07) is 0. The minimum Gasteiger partial charge on any atom is -0.0816 e. The van der Waals surface area contributed by atoms with Crippen LogP contribution in [0.25, 0.3) is 0 Å². The van der Waals surface area contributed by atoms with Crippen LogP contribution in [0.1, 0.15) is 27.2 Å². The molecule has 1 aliphatic carbocycles. The quantitative estimate of drug-likeness (QED) is 0.595. The van der Waals surface area contributed by atoms with Crippen molar-refractivity contribution in [3.63, 3.8) is 0 Å². The second-order valence-corrected chi connectivity index (χ2v) is 18.1. The molecule has 0 nitrogen and oxygen atoms in total. The summed E-state index contributed by atoms with van der Waals surface area (Å²) in [5.74, 6) is 0. The molecule has 0 amide bonds. The SMILES string of the molecule is CC(C)(C)[Si](C)(C)C1=CCC([Si](C)(C)C)=C1. The van der Waals surface area contributed by atoms with E-state index in [0.29, 0.717) is 5.04 Å². The fourth-order valence-electron chi connectivity index (χ4n) is 1.92. The van der Waals surface area contributed by atoms with Crippen molar-refractivity contribution in [2.75, 3.05) is 0 Å². The first-order chi connectivity index (χ1) is 6.96. The third-order valence-corrected chi connectivity index (χ3v) is 12.2. The van der Waals surface area contributed by atoms with Crippen molar-refractivity contribution in [2.45, 2.75) is 65.0 Å². The first-order valence-electron chi connectivity index (χ1n) is 6.38. The molecule has 1 rings (SSSR count). The second-order valence-electron chi connectivity index (χ2n) is 7.66. The van der Waals surface area contributed by atoms with Gasteiger partial charge >= 0.3 is 0 Å². The van der Waals surface area contributed by atoms with Gasteiger partial charge in [-0.2, -0.15) is 0 Å². The zero-order valence-corrected chi connectivity index (χ0v) is 14.4. The van der Waals surface area contributed by atoms with Crippen LogP contribution in [-0.4, -0.2) is 16.1 Å². The lowest BCUT2D eigenvalue weighted by Crippen LogP contribution is -2.39. The van der Waals surface area contributed by atoms with Crippen LogP contribution >= 0.6 is 0 Å². The number of allylic oxidation sites excluding steroid dienone is 4. The largest absolute Gasteiger partial charge is 0.0854 e. The Morgan fingerprint density at radius 2 is 1.50 bits per heavy atom. The number of hydrogen-bond donors (Lipinski definition) is 0. The Hall–Kier alpha value is -0.0862. The molecule has 0 aromatic carbocycles. The lowest BCUT2D eigenvalue weighted by molar-refractivity contribution is 0.726. The van der Waals surface area contributed by atoms with E-state index < -0.39 is 16.1 Å². The minimum atomic E-state index is -1.29. The van der Waals surface area contributed by atoms with Crippen LogP contribution in [0.2, 0.25) is 37.8 Å². The molecular formula is C14H28Si2. The Kier molecular flexibility index (Phi) is 3.48. The highest BCUT2D eigenvalue weighted by atomic mass is 28.3. The molecule has 0 fully saturated rings. The Morgan fingerprint density at radius 3 is 1.81 bits per heavy atom. The zero-order valence-electron chi connectivity index (χ0n) is 12.4. The average molecular weight is 253 g/mol. The number of hydrogen-bond acceptors (Lipinski definition) is 0. The van der Waals surface area contributed by atoms with Crippen molar-refractivity contribution in [3.05, 3.63) is 22.5 Å². The van der Waals surface area contributed by atoms with Crippen LogP contribution in [0.3, 0.4) is 0 Å². The summed E-state index contributed by atoms with van der Waals surface area (Å²) < 4.78 is 0. The fraction of sp³-hybridized carbons (Fsp3) is 0.714. The van der Waals surface area contributed by atoms with E-state index >= 15 is 0 Å². The van der Waals surface area contributed by atoms with Crippen LogP contribution < -0.4 is 0 Å². The van der Waals surface area contributed by atoms with Gasteiger partial charge in [0, 0.05) is 0 Å². The molecule has 0 heterocycles. The van der Waals surface area contributed by atoms with Gasteiger partial charge < -0.3 is 0 Å². The molecule has 0 unspecified atom stereocenters. The van der Waals surface area contributed by atoms with Gasteiger partial charge in [0.1, 0.15) is 0 Å². The Bertz CT molecular complexity index is 333. The van der Waals surface area contributed by atoms with Gasteiger partial charge in [-0.3, -0.25) is 0 Å². The van der Waals surface area contributed by atoms with Gasteiger partial charge in [0.05, 0.1) is 16.1 Å². The maximum atomic E-state index is 2.56. The predicted octanol–water partition coefficient (Wildman–Crippen LogP) is 5.17. The van der Waals surface area contributed by atoms with Crippen LogP contribution in [0.5, 0.6) is 0 Å². The first kappa shape index (κ1) is 14.0. The molecular weight excluding hydrogens is 224 g/mol. The minimum absolute atomic E-state index is 0.463. The highest BCUT2D eigenvalue weighted by Gasteiger charge is 2.39. The van der Waals surface area contributed by atoms with E-state index in [1.807, 2.05) is 0 Å². The summed E-state index contributed by atoms with van der Waals surface area (Å²) in [5, 5.41) is 3.90. The van der Waals surface area contributed by atoms with Gasteiger partial charge in [-0.1, -0.05) is 76.1 Å². The topological polar surface area (TPSA) is 0 Å². The Morgan fingerprint density at radius 1 is 1.00 bits per heavy atom. The second kappa shape index (κ2) is 3.99. The highest BCUT2D eigenvalue weighted by Crippen LogP contribution is 2.43. The molecule has 2 heteroatoms. The van der Waals surface area contributed by atoms with Crippen molar-refractivity contribution < 1.29 is 0 Å². The summed E-state index contributed by atoms with van der Waals surface area (Å²) in [6.07, 6.45) is 6.31. The van der Waals surface area contributed by atoms with Gasteiger partial charge in [-0.25, -0.2) is 0 Å². The lowest BCUT2D eigenvalue weighted by Gasteiger charge is -2.37. The Balaban J connectivity index is 2.99. The maximum absolute atomic E-state index is 2.56. The van der Waals surface area contributed by atoms with Gasteiger partial charge in [0.25, 0.3) is 0 Å². The van der Waals surface area contributed by atoms with E-state index in [2.05, 4.69) is 65.7 Å². The van der Waals surface area contributed by atoms with Crippen LogP contribution in [-0.2, 0) is 0 Å². The van der Waals surface area contributed by atoms with Crippen molar-refractivity contribution in [2.24, 2.45) is 0 Å². The van der Waals surface area contributed by atoms with Gasteiger partial charge in [0.2, 0.25) is 0 Å². The standard InChI is InChI=1S/C14H28Si2/c1-14(2,3)16(7,8)13-10-9-12(11-13)15(4,5)6/h10-11H,9H2,1-8H3. The van der Waals surface area contributed by atoms with Crippen molar-refractivity contribution >= 4 is 16.1 Å². The molecule has 0 saturated heterocycles. The third kappa shape index (κ3) is 2.59. The summed E-state index contributed by atoms with van der Waals surface area (Å²) in [7, 11) is -2.36. The van der Waals surface area contributed by atoms with E-state index in [1.54, 1.807) is 10.4 Å². The average Bonchev–Trinajstić information content (AvgIpc) is 2.47. The monoisotopic (exact) mass is 252 g/mol. The summed E-state index contributed by atoms with van der Waals surface area (Å²) >= 11 is 0. The molecule has 92 valence electrons. The van der Waals surface area contributed by atoms with Crippen molar-refractivity contribution in [1.29, 1.82) is 0 Å². The van der Waals surface area contributed by atoms with Crippen LogP contribution in [0, 0.1) is 0 Å². The van der Waals surface area contributed by atoms with Crippen molar-refractivity contribution in [3.8, 4) is 0 Å². The van der Waals surface area contributed by atoms with Crippen LogP contribution in [0.4, 0.5) is 0 Å². The normalized spacial score (nSPS) is 18.5. The van der Waals surface area contributed by atoms with Gasteiger partial charge in [0.15, 0.2) is 0 Å². The summed E-state index contributed by atoms with van der Waals surface area (Å²) in [6.45, 7) is 19.6. The zero-order chi connectivity index (χ0) is 12.8. The lowest BCUT2D eigenvalue weighted by atomic mass is 10.2. The molecule has 16 heavy (non-hydrogen) atoms. The predicted molar refractivity (Wildman–Crippen MR) is 81.3 cm³/mol. The molecule has 0 bridgehead atoms. The molecule has 0 atom stereocenters. The maximum Gasteiger partial charge on any atom is 0.0854 e. The van der Waals surface area contributed by atoms with E-state index in [9.17, 15) is 0 Å². The van der Waals surface area contributed by atoms with E-state index in [1.165, 1.54) is 6.42 Å². The molecule has 0 N–H and O–H groups in total. The van der Waals surface area contributed by atoms with Gasteiger partial charge in [-0.15, -0.1) is 0 Å². The molecule has 0 radical (unpaired) electrons. The third-order valence-electron chi connectivity index (χ3n) is 4.43. The molecule has 0 aliphatic heterocycles. The smallest absolute Gasteiger partial charge is 0.0816 e. The van der Waals surface area contributed by atoms with Gasteiger partial charge in [-0.05, 0) is 11.5 Å².